The highest BCUT2D eigenvalue weighted by Gasteiger charge is 2.32. The molecule has 0 spiro atoms. The lowest BCUT2D eigenvalue weighted by molar-refractivity contribution is 0.497. The van der Waals surface area contributed by atoms with Crippen LogP contribution in [-0.2, 0) is 21.7 Å². The van der Waals surface area contributed by atoms with Crippen LogP contribution in [0.1, 0.15) is 144 Å². The van der Waals surface area contributed by atoms with Crippen molar-refractivity contribution in [3.8, 4) is 23.0 Å². The molecule has 0 saturated carbocycles. The zero-order valence-electron chi connectivity index (χ0n) is 40.5. The highest BCUT2D eigenvalue weighted by atomic mass is 35.7. The first-order valence-electron chi connectivity index (χ1n) is 22.1. The van der Waals surface area contributed by atoms with E-state index in [9.17, 15) is 0 Å². The molecular formula is C56H64Cl2O4P2. The second-order valence-electron chi connectivity index (χ2n) is 20.2. The molecule has 0 aliphatic carbocycles. The minimum absolute atomic E-state index is 0.272. The Labute approximate surface area is 395 Å². The monoisotopic (exact) mass is 932 g/mol. The summed E-state index contributed by atoms with van der Waals surface area (Å²) < 4.78 is 25.8. The van der Waals surface area contributed by atoms with Crippen LogP contribution in [0.2, 0.25) is 0 Å². The van der Waals surface area contributed by atoms with Gasteiger partial charge in [0, 0.05) is 21.7 Å². The zero-order chi connectivity index (χ0) is 46.8. The van der Waals surface area contributed by atoms with Crippen molar-refractivity contribution in [2.75, 3.05) is 0 Å². The van der Waals surface area contributed by atoms with Crippen molar-refractivity contribution in [3.63, 3.8) is 0 Å². The van der Waals surface area contributed by atoms with Crippen LogP contribution in [0.4, 0.5) is 0 Å². The second-order valence-corrected chi connectivity index (χ2v) is 23.4. The van der Waals surface area contributed by atoms with E-state index < -0.39 is 15.5 Å². The van der Waals surface area contributed by atoms with Gasteiger partial charge in [-0.2, -0.15) is 0 Å². The maximum absolute atomic E-state index is 6.95. The van der Waals surface area contributed by atoms with Crippen LogP contribution in [-0.4, -0.2) is 0 Å². The number of hydrogen-bond donors (Lipinski definition) is 0. The summed E-state index contributed by atoms with van der Waals surface area (Å²) in [5.41, 5.74) is 16.8. The lowest BCUT2D eigenvalue weighted by atomic mass is 9.74. The van der Waals surface area contributed by atoms with Gasteiger partial charge in [0.1, 0.15) is 23.0 Å². The molecule has 0 saturated heterocycles. The van der Waals surface area contributed by atoms with E-state index in [1.165, 1.54) is 44.5 Å². The largest absolute Gasteiger partial charge is 0.427 e. The van der Waals surface area contributed by atoms with Gasteiger partial charge in [-0.3, -0.25) is 0 Å². The molecule has 0 amide bonds. The van der Waals surface area contributed by atoms with Crippen molar-refractivity contribution < 1.29 is 18.1 Å². The maximum Gasteiger partial charge on any atom is 0.401 e. The minimum Gasteiger partial charge on any atom is -0.427 e. The van der Waals surface area contributed by atoms with E-state index in [0.29, 0.717) is 0 Å². The van der Waals surface area contributed by atoms with Gasteiger partial charge in [0.25, 0.3) is 0 Å². The summed E-state index contributed by atoms with van der Waals surface area (Å²) in [5, 5.41) is 0. The standard InChI is InChI=1S/C56H64Cl2O4P2/c1-33-25-45-26-34(2)49(33)59-63(57)60-50-35(3)27-46(28-36(50)4)55(13,14)43-21-23-44(24-22-43)56(15,16)48-31-39(7)52(40(8)32-48)62-64(58)61-51-37(5)29-47(30-38(51)6)54(11,12)42-19-17-41(18-20-42)53(45,9)10/h17-32H,1-16H3. The van der Waals surface area contributed by atoms with Gasteiger partial charge in [-0.1, -0.05) is 152 Å². The van der Waals surface area contributed by atoms with Crippen molar-refractivity contribution >= 4 is 37.9 Å². The van der Waals surface area contributed by atoms with Crippen LogP contribution in [0.5, 0.6) is 23.0 Å². The van der Waals surface area contributed by atoms with Gasteiger partial charge in [-0.25, -0.2) is 0 Å². The Morgan fingerprint density at radius 2 is 0.422 bits per heavy atom. The second kappa shape index (κ2) is 17.6. The first-order chi connectivity index (χ1) is 29.8. The summed E-state index contributed by atoms with van der Waals surface area (Å²) in [7, 11) is -3.58. The Balaban J connectivity index is 1.29. The molecule has 4 nitrogen and oxygen atoms in total. The average Bonchev–Trinajstić information content (AvgIpc) is 3.22. The molecule has 0 N–H and O–H groups in total. The normalized spacial score (nSPS) is 18.8. The van der Waals surface area contributed by atoms with Crippen LogP contribution in [0.3, 0.4) is 0 Å². The molecule has 0 aromatic heterocycles. The number of aryl methyl sites for hydroxylation is 8. The first-order valence-corrected chi connectivity index (χ1v) is 26.3. The van der Waals surface area contributed by atoms with Gasteiger partial charge in [0.05, 0.1) is 0 Å². The predicted octanol–water partition coefficient (Wildman–Crippen LogP) is 17.6. The summed E-state index contributed by atoms with van der Waals surface area (Å²) in [6.07, 6.45) is 0. The van der Waals surface area contributed by atoms with Crippen LogP contribution in [0.15, 0.2) is 97.1 Å². The maximum atomic E-state index is 6.95. The summed E-state index contributed by atoms with van der Waals surface area (Å²) in [6, 6.07) is 35.9. The van der Waals surface area contributed by atoms with E-state index in [1.54, 1.807) is 0 Å². The third-order valence-corrected chi connectivity index (χ3v) is 16.2. The molecule has 6 aromatic carbocycles. The molecular weight excluding hydrogens is 869 g/mol. The summed E-state index contributed by atoms with van der Waals surface area (Å²) in [5.74, 6) is 3.03. The van der Waals surface area contributed by atoms with E-state index in [-0.39, 0.29) is 21.7 Å². The first kappa shape index (κ1) is 47.9. The van der Waals surface area contributed by atoms with Crippen LogP contribution < -0.4 is 18.1 Å². The quantitative estimate of drug-likeness (QED) is 0.142. The van der Waals surface area contributed by atoms with Crippen molar-refractivity contribution in [2.45, 2.75) is 132 Å². The van der Waals surface area contributed by atoms with Crippen molar-refractivity contribution in [1.82, 2.24) is 0 Å². The Bertz CT molecular complexity index is 2270. The fraction of sp³-hybridized carbons (Fsp3) is 0.357. The average molecular weight is 934 g/mol. The molecule has 0 fully saturated rings. The molecule has 336 valence electrons. The van der Waals surface area contributed by atoms with Gasteiger partial charge in [0.15, 0.2) is 0 Å². The van der Waals surface area contributed by atoms with Crippen LogP contribution in [0, 0.1) is 55.4 Å². The molecule has 0 unspecified atom stereocenters. The molecule has 12 bridgehead atoms. The number of halogens is 2. The van der Waals surface area contributed by atoms with Gasteiger partial charge >= 0.3 is 15.5 Å². The van der Waals surface area contributed by atoms with Crippen LogP contribution in [0.25, 0.3) is 0 Å². The molecule has 16 aliphatic rings. The zero-order valence-corrected chi connectivity index (χ0v) is 43.8. The molecule has 8 heteroatoms. The van der Waals surface area contributed by atoms with Crippen molar-refractivity contribution in [1.29, 1.82) is 0 Å². The molecule has 0 atom stereocenters. The Morgan fingerprint density at radius 1 is 0.281 bits per heavy atom. The number of benzene rings is 6. The van der Waals surface area contributed by atoms with Crippen molar-refractivity contribution in [2.24, 2.45) is 0 Å². The highest BCUT2D eigenvalue weighted by molar-refractivity contribution is 7.77. The van der Waals surface area contributed by atoms with E-state index in [2.05, 4.69) is 208 Å². The Hall–Kier alpha value is -4.04. The van der Waals surface area contributed by atoms with Gasteiger partial charge in [-0.15, -0.1) is 0 Å². The molecule has 64 heavy (non-hydrogen) atoms. The smallest absolute Gasteiger partial charge is 0.401 e. The van der Waals surface area contributed by atoms with E-state index in [1.807, 2.05) is 0 Å². The third-order valence-electron chi connectivity index (χ3n) is 14.0. The van der Waals surface area contributed by atoms with Gasteiger partial charge < -0.3 is 18.1 Å². The lowest BCUT2D eigenvalue weighted by Crippen LogP contribution is -2.22. The molecule has 16 heterocycles. The number of rotatable bonds is 0. The van der Waals surface area contributed by atoms with E-state index >= 15 is 0 Å². The van der Waals surface area contributed by atoms with Crippen molar-refractivity contribution in [3.05, 3.63) is 186 Å². The SMILES string of the molecule is Cc1cc2cc(C)c1OP(Cl)Oc1c(C)cc(cc1C)C(C)(C)c1ccc(cc1)C(C)(C)c1cc(C)c(c(C)c1)OP(Cl)Oc1c(C)cc(cc1C)C(C)(C)c1ccc(cc1)C2(C)C. The fourth-order valence-corrected chi connectivity index (χ4v) is 12.0. The third kappa shape index (κ3) is 9.07. The number of hydrogen-bond acceptors (Lipinski definition) is 4. The minimum atomic E-state index is -1.79. The van der Waals surface area contributed by atoms with Gasteiger partial charge in [-0.05, 0) is 167 Å². The predicted molar refractivity (Wildman–Crippen MR) is 273 cm³/mol. The topological polar surface area (TPSA) is 36.9 Å². The summed E-state index contributed by atoms with van der Waals surface area (Å²) >= 11 is 13.9. The molecule has 22 rings (SSSR count). The molecule has 16 aliphatic heterocycles. The van der Waals surface area contributed by atoms with E-state index in [0.717, 1.165) is 67.5 Å². The Morgan fingerprint density at radius 3 is 0.562 bits per heavy atom. The lowest BCUT2D eigenvalue weighted by Gasteiger charge is -2.31. The summed E-state index contributed by atoms with van der Waals surface area (Å²) in [6.45, 7) is 34.9. The Kier molecular flexibility index (Phi) is 13.2. The molecule has 0 radical (unpaired) electrons. The van der Waals surface area contributed by atoms with E-state index in [4.69, 9.17) is 40.6 Å². The fourth-order valence-electron chi connectivity index (χ4n) is 9.42. The highest BCUT2D eigenvalue weighted by Crippen LogP contribution is 2.52. The molecule has 6 aromatic rings. The van der Waals surface area contributed by atoms with Gasteiger partial charge in [0.2, 0.25) is 0 Å². The van der Waals surface area contributed by atoms with Crippen LogP contribution >= 0.6 is 37.9 Å². The summed E-state index contributed by atoms with van der Waals surface area (Å²) in [4.78, 5) is 0.